The van der Waals surface area contributed by atoms with E-state index >= 15 is 0 Å². The van der Waals surface area contributed by atoms with Crippen LogP contribution in [0.4, 0.5) is 9.18 Å². The first-order valence-corrected chi connectivity index (χ1v) is 15.2. The van der Waals surface area contributed by atoms with Gasteiger partial charge >= 0.3 is 6.09 Å². The zero-order chi connectivity index (χ0) is 34.2. The second-order valence-electron chi connectivity index (χ2n) is 13.2. The van der Waals surface area contributed by atoms with E-state index in [2.05, 4.69) is 5.32 Å². The third kappa shape index (κ3) is 10.4. The molecular weight excluding hydrogens is 587 g/mol. The number of carbonyl (C=O) groups excluding carboxylic acids is 4. The van der Waals surface area contributed by atoms with Crippen LogP contribution in [0.15, 0.2) is 78.9 Å². The largest absolute Gasteiger partial charge is 0.444 e. The molecule has 0 aliphatic carbocycles. The normalized spacial score (nSPS) is 13.2. The SMILES string of the molecule is CN(C(=O)/C=C/CC(C)(C)NC(=O)OC(C)(C)C)[C@H](Cc1ccc2ccccc2c1)C(=O)N(C)[C@H](Cc1ccc(F)cc1)C(N)=O. The molecule has 0 heterocycles. The van der Waals surface area contributed by atoms with E-state index in [4.69, 9.17) is 10.5 Å². The summed E-state index contributed by atoms with van der Waals surface area (Å²) in [5.41, 5.74) is 5.83. The van der Waals surface area contributed by atoms with E-state index in [1.54, 1.807) is 26.8 Å². The zero-order valence-electron chi connectivity index (χ0n) is 27.7. The molecule has 2 atom stereocenters. The van der Waals surface area contributed by atoms with E-state index in [1.807, 2.05) is 56.3 Å². The highest BCUT2D eigenvalue weighted by molar-refractivity contribution is 5.95. The number of nitrogens with zero attached hydrogens (tertiary/aromatic N) is 2. The van der Waals surface area contributed by atoms with Crippen LogP contribution < -0.4 is 11.1 Å². The summed E-state index contributed by atoms with van der Waals surface area (Å²) in [5, 5.41) is 4.82. The van der Waals surface area contributed by atoms with Crippen LogP contribution in [0.1, 0.15) is 52.2 Å². The first kappa shape index (κ1) is 35.7. The molecule has 0 aliphatic rings. The lowest BCUT2D eigenvalue weighted by atomic mass is 9.98. The van der Waals surface area contributed by atoms with Crippen molar-refractivity contribution in [1.82, 2.24) is 15.1 Å². The van der Waals surface area contributed by atoms with Gasteiger partial charge in [0, 0.05) is 32.5 Å². The highest BCUT2D eigenvalue weighted by atomic mass is 19.1. The molecule has 3 aromatic carbocycles. The van der Waals surface area contributed by atoms with Crippen LogP contribution in [0, 0.1) is 5.82 Å². The number of fused-ring (bicyclic) bond motifs is 1. The number of likely N-dealkylation sites (N-methyl/N-ethyl adjacent to an activating group) is 2. The average molecular weight is 633 g/mol. The first-order valence-electron chi connectivity index (χ1n) is 15.2. The number of hydrogen-bond donors (Lipinski definition) is 2. The molecule has 0 saturated carbocycles. The molecule has 0 unspecified atom stereocenters. The summed E-state index contributed by atoms with van der Waals surface area (Å²) in [6.07, 6.45) is 3.01. The summed E-state index contributed by atoms with van der Waals surface area (Å²) in [6.45, 7) is 8.93. The maximum absolute atomic E-state index is 14.1. The van der Waals surface area contributed by atoms with Crippen molar-refractivity contribution in [2.24, 2.45) is 5.73 Å². The minimum Gasteiger partial charge on any atom is -0.444 e. The smallest absolute Gasteiger partial charge is 0.408 e. The Bertz CT molecular complexity index is 1580. The maximum atomic E-state index is 14.1. The van der Waals surface area contributed by atoms with Crippen LogP contribution in [-0.2, 0) is 32.0 Å². The van der Waals surface area contributed by atoms with Gasteiger partial charge in [0.1, 0.15) is 23.5 Å². The van der Waals surface area contributed by atoms with E-state index in [9.17, 15) is 23.6 Å². The van der Waals surface area contributed by atoms with E-state index in [0.29, 0.717) is 12.0 Å². The molecule has 0 fully saturated rings. The van der Waals surface area contributed by atoms with Gasteiger partial charge in [-0.15, -0.1) is 0 Å². The molecule has 0 spiro atoms. The van der Waals surface area contributed by atoms with Gasteiger partial charge in [-0.05, 0) is 81.1 Å². The predicted molar refractivity (Wildman–Crippen MR) is 177 cm³/mol. The molecule has 246 valence electrons. The number of nitrogens with two attached hydrogens (primary N) is 1. The molecule has 46 heavy (non-hydrogen) atoms. The number of benzene rings is 3. The summed E-state index contributed by atoms with van der Waals surface area (Å²) in [4.78, 5) is 55.0. The summed E-state index contributed by atoms with van der Waals surface area (Å²) in [5.74, 6) is -2.06. The van der Waals surface area contributed by atoms with Crippen LogP contribution in [0.2, 0.25) is 0 Å². The lowest BCUT2D eigenvalue weighted by molar-refractivity contribution is -0.145. The molecule has 3 rings (SSSR count). The van der Waals surface area contributed by atoms with Crippen molar-refractivity contribution in [2.45, 2.75) is 77.1 Å². The summed E-state index contributed by atoms with van der Waals surface area (Å²) in [6, 6.07) is 17.3. The Labute approximate surface area is 270 Å². The Morgan fingerprint density at radius 1 is 0.848 bits per heavy atom. The van der Waals surface area contributed by atoms with Crippen molar-refractivity contribution in [1.29, 1.82) is 0 Å². The lowest BCUT2D eigenvalue weighted by Crippen LogP contribution is -2.55. The van der Waals surface area contributed by atoms with E-state index in [0.717, 1.165) is 16.3 Å². The number of hydrogen-bond acceptors (Lipinski definition) is 5. The molecule has 9 nitrogen and oxygen atoms in total. The molecule has 0 saturated heterocycles. The Morgan fingerprint density at radius 2 is 1.43 bits per heavy atom. The molecule has 3 aromatic rings. The fourth-order valence-electron chi connectivity index (χ4n) is 5.00. The molecule has 10 heteroatoms. The Kier molecular flexibility index (Phi) is 11.7. The molecule has 3 N–H and O–H groups in total. The summed E-state index contributed by atoms with van der Waals surface area (Å²) >= 11 is 0. The minimum absolute atomic E-state index is 0.0812. The van der Waals surface area contributed by atoms with Crippen LogP contribution >= 0.6 is 0 Å². The number of carbonyl (C=O) groups is 4. The van der Waals surface area contributed by atoms with Gasteiger partial charge in [-0.2, -0.15) is 0 Å². The van der Waals surface area contributed by atoms with Gasteiger partial charge in [-0.25, -0.2) is 9.18 Å². The third-order valence-corrected chi connectivity index (χ3v) is 7.56. The molecule has 0 radical (unpaired) electrons. The fourth-order valence-corrected chi connectivity index (χ4v) is 5.00. The highest BCUT2D eigenvalue weighted by Crippen LogP contribution is 2.20. The number of rotatable bonds is 12. The highest BCUT2D eigenvalue weighted by Gasteiger charge is 2.34. The van der Waals surface area contributed by atoms with E-state index < -0.39 is 52.9 Å². The Hall–Kier alpha value is -4.73. The number of nitrogens with one attached hydrogen (secondary N) is 1. The van der Waals surface area contributed by atoms with Crippen molar-refractivity contribution in [2.75, 3.05) is 14.1 Å². The second-order valence-corrected chi connectivity index (χ2v) is 13.2. The van der Waals surface area contributed by atoms with Crippen LogP contribution in [0.3, 0.4) is 0 Å². The van der Waals surface area contributed by atoms with Gasteiger partial charge in [0.15, 0.2) is 0 Å². The van der Waals surface area contributed by atoms with Gasteiger partial charge < -0.3 is 25.6 Å². The molecule has 4 amide bonds. The standard InChI is InChI=1S/C36H45FN4O5/c1-35(2,3)46-34(45)39-36(4,5)20-10-13-31(42)40(6)30(23-25-14-17-26-11-8-9-12-27(26)21-25)33(44)41(7)29(32(38)43)22-24-15-18-28(37)19-16-24/h8-19,21,29-30H,20,22-23H2,1-7H3,(H2,38,43)(H,39,45)/b13-10+/t29-,30-/m1/s1. The van der Waals surface area contributed by atoms with Gasteiger partial charge in [-0.3, -0.25) is 14.4 Å². The molecular formula is C36H45FN4O5. The van der Waals surface area contributed by atoms with Gasteiger partial charge in [-0.1, -0.05) is 60.7 Å². The zero-order valence-corrected chi connectivity index (χ0v) is 27.7. The van der Waals surface area contributed by atoms with Crippen molar-refractivity contribution in [3.8, 4) is 0 Å². The second kappa shape index (κ2) is 15.0. The monoisotopic (exact) mass is 632 g/mol. The molecule has 0 aliphatic heterocycles. The number of ether oxygens (including phenoxy) is 1. The van der Waals surface area contributed by atoms with Crippen molar-refractivity contribution >= 4 is 34.6 Å². The topological polar surface area (TPSA) is 122 Å². The molecule has 0 bridgehead atoms. The van der Waals surface area contributed by atoms with Crippen molar-refractivity contribution < 1.29 is 28.3 Å². The van der Waals surface area contributed by atoms with E-state index in [-0.39, 0.29) is 12.8 Å². The number of amides is 4. The van der Waals surface area contributed by atoms with Crippen molar-refractivity contribution in [3.63, 3.8) is 0 Å². The number of alkyl carbamates (subject to hydrolysis) is 1. The lowest BCUT2D eigenvalue weighted by Gasteiger charge is -2.34. The predicted octanol–water partition coefficient (Wildman–Crippen LogP) is 5.15. The van der Waals surface area contributed by atoms with Crippen LogP contribution in [0.5, 0.6) is 0 Å². The van der Waals surface area contributed by atoms with Crippen molar-refractivity contribution in [3.05, 3.63) is 95.8 Å². The first-order chi connectivity index (χ1) is 21.5. The summed E-state index contributed by atoms with van der Waals surface area (Å²) < 4.78 is 18.8. The quantitative estimate of drug-likeness (QED) is 0.268. The third-order valence-electron chi connectivity index (χ3n) is 7.56. The van der Waals surface area contributed by atoms with Crippen LogP contribution in [0.25, 0.3) is 10.8 Å². The Balaban J connectivity index is 1.85. The number of halogens is 1. The minimum atomic E-state index is -1.03. The average Bonchev–Trinajstić information content (AvgIpc) is 2.96. The van der Waals surface area contributed by atoms with Gasteiger partial charge in [0.25, 0.3) is 0 Å². The van der Waals surface area contributed by atoms with Crippen LogP contribution in [-0.4, -0.2) is 70.9 Å². The number of primary amides is 1. The summed E-state index contributed by atoms with van der Waals surface area (Å²) in [7, 11) is 3.02. The molecule has 0 aromatic heterocycles. The fraction of sp³-hybridized carbons (Fsp3) is 0.389. The maximum Gasteiger partial charge on any atom is 0.408 e. The van der Waals surface area contributed by atoms with Gasteiger partial charge in [0.2, 0.25) is 17.7 Å². The Morgan fingerprint density at radius 3 is 2.04 bits per heavy atom. The van der Waals surface area contributed by atoms with Gasteiger partial charge in [0.05, 0.1) is 0 Å². The van der Waals surface area contributed by atoms with E-state index in [1.165, 1.54) is 54.2 Å².